The zero-order chi connectivity index (χ0) is 19.6. The third-order valence-electron chi connectivity index (χ3n) is 5.35. The van der Waals surface area contributed by atoms with E-state index in [0.29, 0.717) is 17.4 Å². The van der Waals surface area contributed by atoms with Gasteiger partial charge < -0.3 is 9.42 Å². The van der Waals surface area contributed by atoms with Crippen LogP contribution in [0.15, 0.2) is 59.5 Å². The number of hydrogen-bond donors (Lipinski definition) is 0. The van der Waals surface area contributed by atoms with Gasteiger partial charge in [-0.3, -0.25) is 14.9 Å². The van der Waals surface area contributed by atoms with Crippen molar-refractivity contribution in [3.63, 3.8) is 0 Å². The van der Waals surface area contributed by atoms with Crippen molar-refractivity contribution in [3.05, 3.63) is 60.6 Å². The molecular weight excluding hydrogens is 364 g/mol. The summed E-state index contributed by atoms with van der Waals surface area (Å²) >= 11 is 0. The Labute approximate surface area is 169 Å². The number of aromatic nitrogens is 4. The summed E-state index contributed by atoms with van der Waals surface area (Å²) in [4.78, 5) is 18.0. The van der Waals surface area contributed by atoms with E-state index in [1.807, 2.05) is 18.2 Å². The standard InChI is InChI=1S/C22H22N6O/c1-27-7-9-28(10-8-27)15-16-3-2-4-18(11-16)21-25-22(29-26-21)20-12-17-5-6-23-13-19(17)14-24-20/h2-6,11-14H,7-10,15H2,1H3. The molecule has 7 nitrogen and oxygen atoms in total. The SMILES string of the molecule is CN1CCN(Cc2cccc(-c3noc(-c4cc5ccncc5cn4)n3)c2)CC1. The van der Waals surface area contributed by atoms with E-state index in [-0.39, 0.29) is 0 Å². The number of pyridine rings is 2. The normalized spacial score (nSPS) is 15.8. The van der Waals surface area contributed by atoms with Crippen LogP contribution in [0.3, 0.4) is 0 Å². The van der Waals surface area contributed by atoms with Crippen molar-refractivity contribution < 1.29 is 4.52 Å². The van der Waals surface area contributed by atoms with E-state index in [9.17, 15) is 0 Å². The summed E-state index contributed by atoms with van der Waals surface area (Å²) in [6.07, 6.45) is 5.33. The van der Waals surface area contributed by atoms with Gasteiger partial charge in [-0.2, -0.15) is 4.98 Å². The molecule has 1 saturated heterocycles. The Bertz CT molecular complexity index is 1130. The quantitative estimate of drug-likeness (QED) is 0.534. The first kappa shape index (κ1) is 17.9. The Kier molecular flexibility index (Phi) is 4.75. The lowest BCUT2D eigenvalue weighted by atomic mass is 10.1. The van der Waals surface area contributed by atoms with Crippen molar-refractivity contribution in [2.24, 2.45) is 0 Å². The summed E-state index contributed by atoms with van der Waals surface area (Å²) in [5, 5.41) is 6.20. The smallest absolute Gasteiger partial charge is 0.276 e. The molecule has 1 aliphatic rings. The lowest BCUT2D eigenvalue weighted by molar-refractivity contribution is 0.148. The van der Waals surface area contributed by atoms with E-state index in [0.717, 1.165) is 49.1 Å². The average molecular weight is 386 g/mol. The van der Waals surface area contributed by atoms with Crippen LogP contribution in [-0.4, -0.2) is 63.1 Å². The van der Waals surface area contributed by atoms with Gasteiger partial charge in [0.2, 0.25) is 5.82 Å². The van der Waals surface area contributed by atoms with Crippen molar-refractivity contribution >= 4 is 10.8 Å². The van der Waals surface area contributed by atoms with Gasteiger partial charge in [0.1, 0.15) is 5.69 Å². The van der Waals surface area contributed by atoms with Crippen LogP contribution in [0.1, 0.15) is 5.56 Å². The fraction of sp³-hybridized carbons (Fsp3) is 0.273. The van der Waals surface area contributed by atoms with Gasteiger partial charge in [-0.25, -0.2) is 0 Å². The Balaban J connectivity index is 1.37. The van der Waals surface area contributed by atoms with E-state index in [1.54, 1.807) is 18.6 Å². The predicted octanol–water partition coefficient (Wildman–Crippen LogP) is 3.09. The molecule has 0 atom stereocenters. The molecule has 0 bridgehead atoms. The van der Waals surface area contributed by atoms with E-state index in [2.05, 4.69) is 55.2 Å². The molecule has 0 unspecified atom stereocenters. The third kappa shape index (κ3) is 3.87. The van der Waals surface area contributed by atoms with Crippen LogP contribution in [0.5, 0.6) is 0 Å². The maximum absolute atomic E-state index is 5.50. The topological polar surface area (TPSA) is 71.2 Å². The van der Waals surface area contributed by atoms with Gasteiger partial charge >= 0.3 is 0 Å². The van der Waals surface area contributed by atoms with Crippen molar-refractivity contribution in [1.29, 1.82) is 0 Å². The molecule has 3 aromatic heterocycles. The van der Waals surface area contributed by atoms with Gasteiger partial charge in [-0.05, 0) is 36.2 Å². The zero-order valence-corrected chi connectivity index (χ0v) is 16.3. The Hall–Kier alpha value is -3.16. The minimum absolute atomic E-state index is 0.420. The average Bonchev–Trinajstić information content (AvgIpc) is 3.26. The maximum atomic E-state index is 5.50. The van der Waals surface area contributed by atoms with Crippen molar-refractivity contribution in [2.45, 2.75) is 6.54 Å². The lowest BCUT2D eigenvalue weighted by Gasteiger charge is -2.32. The molecule has 1 aliphatic heterocycles. The second kappa shape index (κ2) is 7.69. The highest BCUT2D eigenvalue weighted by Crippen LogP contribution is 2.24. The summed E-state index contributed by atoms with van der Waals surface area (Å²) in [5.74, 6) is 1.00. The molecule has 5 rings (SSSR count). The molecule has 146 valence electrons. The van der Waals surface area contributed by atoms with Gasteiger partial charge in [0.25, 0.3) is 5.89 Å². The molecule has 29 heavy (non-hydrogen) atoms. The molecule has 4 aromatic rings. The number of piperazine rings is 1. The summed E-state index contributed by atoms with van der Waals surface area (Å²) in [5.41, 5.74) is 2.88. The molecule has 0 N–H and O–H groups in total. The fourth-order valence-electron chi connectivity index (χ4n) is 3.62. The van der Waals surface area contributed by atoms with E-state index in [1.165, 1.54) is 5.56 Å². The number of rotatable bonds is 4. The highest BCUT2D eigenvalue weighted by molar-refractivity contribution is 5.83. The predicted molar refractivity (Wildman–Crippen MR) is 111 cm³/mol. The summed E-state index contributed by atoms with van der Waals surface area (Å²) in [6, 6.07) is 12.3. The first-order chi connectivity index (χ1) is 14.2. The fourth-order valence-corrected chi connectivity index (χ4v) is 3.62. The van der Waals surface area contributed by atoms with Crippen LogP contribution in [0.2, 0.25) is 0 Å². The second-order valence-corrected chi connectivity index (χ2v) is 7.50. The molecule has 1 fully saturated rings. The maximum Gasteiger partial charge on any atom is 0.276 e. The zero-order valence-electron chi connectivity index (χ0n) is 16.3. The number of likely N-dealkylation sites (N-methyl/N-ethyl adjacent to an activating group) is 1. The van der Waals surface area contributed by atoms with Crippen LogP contribution >= 0.6 is 0 Å². The van der Waals surface area contributed by atoms with Crippen LogP contribution in [0.25, 0.3) is 33.7 Å². The first-order valence-electron chi connectivity index (χ1n) is 9.79. The molecule has 0 spiro atoms. The van der Waals surface area contributed by atoms with Crippen molar-refractivity contribution in [2.75, 3.05) is 33.2 Å². The molecular formula is C22H22N6O. The molecule has 1 aromatic carbocycles. The number of hydrogen-bond acceptors (Lipinski definition) is 7. The molecule has 0 amide bonds. The largest absolute Gasteiger partial charge is 0.332 e. The van der Waals surface area contributed by atoms with Crippen LogP contribution < -0.4 is 0 Å². The minimum Gasteiger partial charge on any atom is -0.332 e. The monoisotopic (exact) mass is 386 g/mol. The first-order valence-corrected chi connectivity index (χ1v) is 9.79. The summed E-state index contributed by atoms with van der Waals surface area (Å²) < 4.78 is 5.50. The molecule has 0 aliphatic carbocycles. The Morgan fingerprint density at radius 3 is 2.79 bits per heavy atom. The van der Waals surface area contributed by atoms with Crippen LogP contribution in [0.4, 0.5) is 0 Å². The number of nitrogens with zero attached hydrogens (tertiary/aromatic N) is 6. The van der Waals surface area contributed by atoms with Gasteiger partial charge in [0.15, 0.2) is 0 Å². The van der Waals surface area contributed by atoms with Crippen molar-refractivity contribution in [1.82, 2.24) is 29.9 Å². The number of benzene rings is 1. The highest BCUT2D eigenvalue weighted by atomic mass is 16.5. The molecule has 4 heterocycles. The highest BCUT2D eigenvalue weighted by Gasteiger charge is 2.16. The molecule has 0 radical (unpaired) electrons. The van der Waals surface area contributed by atoms with E-state index >= 15 is 0 Å². The van der Waals surface area contributed by atoms with Gasteiger partial charge in [0, 0.05) is 62.3 Å². The summed E-state index contributed by atoms with van der Waals surface area (Å²) in [6.45, 7) is 5.35. The van der Waals surface area contributed by atoms with Gasteiger partial charge in [0.05, 0.1) is 0 Å². The Morgan fingerprint density at radius 2 is 1.90 bits per heavy atom. The van der Waals surface area contributed by atoms with Crippen LogP contribution in [-0.2, 0) is 6.54 Å². The number of fused-ring (bicyclic) bond motifs is 1. The molecule has 0 saturated carbocycles. The Morgan fingerprint density at radius 1 is 1.00 bits per heavy atom. The van der Waals surface area contributed by atoms with Gasteiger partial charge in [-0.1, -0.05) is 23.4 Å². The minimum atomic E-state index is 0.420. The van der Waals surface area contributed by atoms with E-state index in [4.69, 9.17) is 4.52 Å². The van der Waals surface area contributed by atoms with Crippen molar-refractivity contribution in [3.8, 4) is 23.0 Å². The second-order valence-electron chi connectivity index (χ2n) is 7.50. The lowest BCUT2D eigenvalue weighted by Crippen LogP contribution is -2.43. The van der Waals surface area contributed by atoms with E-state index < -0.39 is 0 Å². The molecule has 7 heteroatoms. The summed E-state index contributed by atoms with van der Waals surface area (Å²) in [7, 11) is 2.17. The van der Waals surface area contributed by atoms with Gasteiger partial charge in [-0.15, -0.1) is 0 Å². The third-order valence-corrected chi connectivity index (χ3v) is 5.35. The van der Waals surface area contributed by atoms with Crippen LogP contribution in [0, 0.1) is 0 Å².